The number of carboxylic acids is 1. The second kappa shape index (κ2) is 5.50. The molecule has 0 radical (unpaired) electrons. The molecule has 6 nitrogen and oxygen atoms in total. The molecule has 1 amide bonds. The normalized spacial score (nSPS) is 16.4. The number of carbonyl (C=O) groups excluding carboxylic acids is 1. The Labute approximate surface area is 116 Å². The van der Waals surface area contributed by atoms with Crippen LogP contribution in [0.3, 0.4) is 0 Å². The molecule has 108 valence electrons. The van der Waals surface area contributed by atoms with Crippen LogP contribution >= 0.6 is 0 Å². The van der Waals surface area contributed by atoms with Gasteiger partial charge in [0.05, 0.1) is 20.2 Å². The van der Waals surface area contributed by atoms with Gasteiger partial charge in [-0.2, -0.15) is 0 Å². The van der Waals surface area contributed by atoms with Crippen LogP contribution in [0.5, 0.6) is 5.75 Å². The first-order chi connectivity index (χ1) is 9.43. The number of rotatable bonds is 5. The van der Waals surface area contributed by atoms with E-state index in [1.54, 1.807) is 43.2 Å². The highest BCUT2D eigenvalue weighted by Crippen LogP contribution is 2.26. The number of likely N-dealkylation sites (tertiary alicyclic amines) is 1. The first-order valence-electron chi connectivity index (χ1n) is 6.23. The SMILES string of the molecule is COc1ccc(C(=O)N2CC(C)(OCC(=O)O)C2)cc1. The summed E-state index contributed by atoms with van der Waals surface area (Å²) in [5.41, 5.74) is 0.00615. The molecular weight excluding hydrogens is 262 g/mol. The van der Waals surface area contributed by atoms with E-state index in [0.29, 0.717) is 24.4 Å². The topological polar surface area (TPSA) is 76.1 Å². The predicted molar refractivity (Wildman–Crippen MR) is 70.9 cm³/mol. The molecule has 1 aromatic rings. The number of aliphatic carboxylic acids is 1. The molecular formula is C14H17NO5. The third kappa shape index (κ3) is 3.08. The van der Waals surface area contributed by atoms with Gasteiger partial charge in [0.2, 0.25) is 0 Å². The van der Waals surface area contributed by atoms with E-state index >= 15 is 0 Å². The highest BCUT2D eigenvalue weighted by Gasteiger charge is 2.42. The maximum atomic E-state index is 12.2. The van der Waals surface area contributed by atoms with Gasteiger partial charge in [-0.3, -0.25) is 4.79 Å². The first-order valence-corrected chi connectivity index (χ1v) is 6.23. The van der Waals surface area contributed by atoms with E-state index < -0.39 is 11.6 Å². The van der Waals surface area contributed by atoms with Crippen molar-refractivity contribution in [1.29, 1.82) is 0 Å². The Morgan fingerprint density at radius 2 is 1.90 bits per heavy atom. The van der Waals surface area contributed by atoms with Crippen LogP contribution in [-0.4, -0.2) is 54.3 Å². The predicted octanol–water partition coefficient (Wildman–Crippen LogP) is 1.01. The third-order valence-electron chi connectivity index (χ3n) is 3.22. The summed E-state index contributed by atoms with van der Waals surface area (Å²) in [6.45, 7) is 2.24. The summed E-state index contributed by atoms with van der Waals surface area (Å²) in [5, 5.41) is 8.58. The zero-order chi connectivity index (χ0) is 14.8. The molecule has 20 heavy (non-hydrogen) atoms. The van der Waals surface area contributed by atoms with Crippen molar-refractivity contribution in [1.82, 2.24) is 4.90 Å². The number of methoxy groups -OCH3 is 1. The number of ether oxygens (including phenoxy) is 2. The molecule has 1 heterocycles. The molecule has 1 aliphatic rings. The highest BCUT2D eigenvalue weighted by atomic mass is 16.5. The van der Waals surface area contributed by atoms with Gasteiger partial charge in [0.25, 0.3) is 5.91 Å². The lowest BCUT2D eigenvalue weighted by Gasteiger charge is -2.47. The number of nitrogens with zero attached hydrogens (tertiary/aromatic N) is 1. The standard InChI is InChI=1S/C14H17NO5/c1-14(20-7-12(16)17)8-15(9-14)13(18)10-3-5-11(19-2)6-4-10/h3-6H,7-9H2,1-2H3,(H,16,17). The number of hydrogen-bond acceptors (Lipinski definition) is 4. The number of hydrogen-bond donors (Lipinski definition) is 1. The lowest BCUT2D eigenvalue weighted by Crippen LogP contribution is -2.63. The van der Waals surface area contributed by atoms with Gasteiger partial charge in [-0.05, 0) is 31.2 Å². The molecule has 0 unspecified atom stereocenters. The Hall–Kier alpha value is -2.08. The fraction of sp³-hybridized carbons (Fsp3) is 0.429. The lowest BCUT2D eigenvalue weighted by molar-refractivity contribution is -0.159. The lowest BCUT2D eigenvalue weighted by atomic mass is 9.95. The number of carboxylic acid groups (broad SMARTS) is 1. The molecule has 0 aromatic heterocycles. The summed E-state index contributed by atoms with van der Waals surface area (Å²) < 4.78 is 10.3. The highest BCUT2D eigenvalue weighted by molar-refractivity contribution is 5.95. The van der Waals surface area contributed by atoms with E-state index in [1.165, 1.54) is 0 Å². The summed E-state index contributed by atoms with van der Waals surface area (Å²) in [6.07, 6.45) is 0. The molecule has 1 saturated heterocycles. The smallest absolute Gasteiger partial charge is 0.329 e. The van der Waals surface area contributed by atoms with Gasteiger partial charge in [-0.15, -0.1) is 0 Å². The van der Waals surface area contributed by atoms with Crippen LogP contribution in [-0.2, 0) is 9.53 Å². The second-order valence-electron chi connectivity index (χ2n) is 5.02. The molecule has 1 aliphatic heterocycles. The van der Waals surface area contributed by atoms with Crippen molar-refractivity contribution >= 4 is 11.9 Å². The third-order valence-corrected chi connectivity index (χ3v) is 3.22. The maximum absolute atomic E-state index is 12.2. The Bertz CT molecular complexity index is 505. The monoisotopic (exact) mass is 279 g/mol. The van der Waals surface area contributed by atoms with E-state index in [-0.39, 0.29) is 12.5 Å². The first kappa shape index (κ1) is 14.3. The Morgan fingerprint density at radius 1 is 1.30 bits per heavy atom. The van der Waals surface area contributed by atoms with Crippen molar-refractivity contribution < 1.29 is 24.2 Å². The number of amides is 1. The van der Waals surface area contributed by atoms with E-state index in [4.69, 9.17) is 14.6 Å². The van der Waals surface area contributed by atoms with E-state index in [9.17, 15) is 9.59 Å². The molecule has 0 aliphatic carbocycles. The molecule has 2 rings (SSSR count). The van der Waals surface area contributed by atoms with Crippen molar-refractivity contribution in [3.05, 3.63) is 29.8 Å². The van der Waals surface area contributed by atoms with E-state index in [0.717, 1.165) is 0 Å². The van der Waals surface area contributed by atoms with Crippen LogP contribution in [0.1, 0.15) is 17.3 Å². The van der Waals surface area contributed by atoms with Crippen molar-refractivity contribution in [2.45, 2.75) is 12.5 Å². The summed E-state index contributed by atoms with van der Waals surface area (Å²) >= 11 is 0. The average molecular weight is 279 g/mol. The minimum absolute atomic E-state index is 0.0935. The van der Waals surface area contributed by atoms with Gasteiger partial charge in [0, 0.05) is 5.56 Å². The molecule has 0 spiro atoms. The van der Waals surface area contributed by atoms with Gasteiger partial charge in [0.1, 0.15) is 18.0 Å². The molecule has 0 bridgehead atoms. The second-order valence-corrected chi connectivity index (χ2v) is 5.02. The van der Waals surface area contributed by atoms with Crippen LogP contribution in [0.25, 0.3) is 0 Å². The number of benzene rings is 1. The van der Waals surface area contributed by atoms with Gasteiger partial charge in [0.15, 0.2) is 0 Å². The maximum Gasteiger partial charge on any atom is 0.329 e. The van der Waals surface area contributed by atoms with Crippen LogP contribution in [0.2, 0.25) is 0 Å². The van der Waals surface area contributed by atoms with Gasteiger partial charge in [-0.25, -0.2) is 4.79 Å². The fourth-order valence-electron chi connectivity index (χ4n) is 2.15. The number of carbonyl (C=O) groups is 2. The Balaban J connectivity index is 1.91. The quantitative estimate of drug-likeness (QED) is 0.870. The summed E-state index contributed by atoms with van der Waals surface area (Å²) in [4.78, 5) is 24.3. The zero-order valence-corrected chi connectivity index (χ0v) is 11.5. The summed E-state index contributed by atoms with van der Waals surface area (Å²) in [7, 11) is 1.57. The molecule has 0 atom stereocenters. The average Bonchev–Trinajstić information content (AvgIpc) is 2.41. The largest absolute Gasteiger partial charge is 0.497 e. The van der Waals surface area contributed by atoms with Crippen molar-refractivity contribution in [3.8, 4) is 5.75 Å². The minimum atomic E-state index is -1.01. The molecule has 1 aromatic carbocycles. The van der Waals surface area contributed by atoms with Gasteiger partial charge in [-0.1, -0.05) is 0 Å². The zero-order valence-electron chi connectivity index (χ0n) is 11.5. The van der Waals surface area contributed by atoms with E-state index in [2.05, 4.69) is 0 Å². The molecule has 1 N–H and O–H groups in total. The van der Waals surface area contributed by atoms with Crippen molar-refractivity contribution in [3.63, 3.8) is 0 Å². The van der Waals surface area contributed by atoms with Gasteiger partial charge >= 0.3 is 5.97 Å². The minimum Gasteiger partial charge on any atom is -0.497 e. The Kier molecular flexibility index (Phi) is 3.94. The Morgan fingerprint density at radius 3 is 2.40 bits per heavy atom. The van der Waals surface area contributed by atoms with Crippen molar-refractivity contribution in [2.24, 2.45) is 0 Å². The van der Waals surface area contributed by atoms with Crippen LogP contribution in [0, 0.1) is 0 Å². The van der Waals surface area contributed by atoms with E-state index in [1.807, 2.05) is 0 Å². The fourth-order valence-corrected chi connectivity index (χ4v) is 2.15. The van der Waals surface area contributed by atoms with Crippen molar-refractivity contribution in [2.75, 3.05) is 26.8 Å². The summed E-state index contributed by atoms with van der Waals surface area (Å²) in [6, 6.07) is 6.87. The summed E-state index contributed by atoms with van der Waals surface area (Å²) in [5.74, 6) is -0.407. The molecule has 6 heteroatoms. The molecule has 0 saturated carbocycles. The van der Waals surface area contributed by atoms with Crippen LogP contribution < -0.4 is 4.74 Å². The molecule has 1 fully saturated rings. The van der Waals surface area contributed by atoms with Crippen LogP contribution in [0.15, 0.2) is 24.3 Å². The van der Waals surface area contributed by atoms with Crippen LogP contribution in [0.4, 0.5) is 0 Å². The van der Waals surface area contributed by atoms with Gasteiger partial charge < -0.3 is 19.5 Å².